The predicted molar refractivity (Wildman–Crippen MR) is 192 cm³/mol. The van der Waals surface area contributed by atoms with Crippen molar-refractivity contribution < 1.29 is 32.8 Å². The Labute approximate surface area is 287 Å². The second-order valence-electron chi connectivity index (χ2n) is 10.7. The molecule has 3 aromatic carbocycles. The van der Waals surface area contributed by atoms with Crippen molar-refractivity contribution in [2.75, 3.05) is 85.0 Å². The van der Waals surface area contributed by atoms with Crippen molar-refractivity contribution in [2.24, 2.45) is 0 Å². The van der Waals surface area contributed by atoms with Gasteiger partial charge in [-0.3, -0.25) is 4.79 Å². The van der Waals surface area contributed by atoms with E-state index in [1.54, 1.807) is 6.07 Å². The fraction of sp³-hybridized carbons (Fsp3) is 0.421. The molecule has 0 aliphatic carbocycles. The molecule has 0 saturated heterocycles. The van der Waals surface area contributed by atoms with Crippen LogP contribution in [0.25, 0.3) is 33.3 Å². The summed E-state index contributed by atoms with van der Waals surface area (Å²) in [5, 5.41) is 3.59. The van der Waals surface area contributed by atoms with Crippen LogP contribution in [0.1, 0.15) is 25.2 Å². The maximum absolute atomic E-state index is 12.9. The van der Waals surface area contributed by atoms with E-state index in [4.69, 9.17) is 37.8 Å². The van der Waals surface area contributed by atoms with Gasteiger partial charge in [-0.1, -0.05) is 44.2 Å². The van der Waals surface area contributed by atoms with Gasteiger partial charge in [-0.05, 0) is 42.0 Å². The quantitative estimate of drug-likeness (QED) is 0.0814. The van der Waals surface area contributed by atoms with Gasteiger partial charge in [0.05, 0.1) is 90.2 Å². The number of aromatic nitrogens is 2. The molecule has 0 atom stereocenters. The Morgan fingerprint density at radius 3 is 1.86 bits per heavy atom. The number of imidazole rings is 1. The van der Waals surface area contributed by atoms with E-state index < -0.39 is 0 Å². The maximum Gasteiger partial charge on any atom is 0.193 e. The highest BCUT2D eigenvalue weighted by atomic mass is 16.6. The molecule has 0 fully saturated rings. The van der Waals surface area contributed by atoms with E-state index in [0.29, 0.717) is 108 Å². The molecule has 0 spiro atoms. The lowest BCUT2D eigenvalue weighted by molar-refractivity contribution is -0.0176. The number of hydrogen-bond acceptors (Lipinski definition) is 10. The third-order valence-corrected chi connectivity index (χ3v) is 7.31. The second kappa shape index (κ2) is 21.8. The number of benzene rings is 3. The molecule has 11 heteroatoms. The molecule has 0 bridgehead atoms. The van der Waals surface area contributed by atoms with E-state index in [-0.39, 0.29) is 5.43 Å². The van der Waals surface area contributed by atoms with Crippen LogP contribution in [-0.2, 0) is 41.4 Å². The van der Waals surface area contributed by atoms with Crippen LogP contribution in [0.5, 0.6) is 0 Å². The molecule has 0 aliphatic rings. The van der Waals surface area contributed by atoms with E-state index in [1.807, 2.05) is 81.6 Å². The van der Waals surface area contributed by atoms with Crippen LogP contribution in [0.2, 0.25) is 0 Å². The molecule has 5 aromatic rings. The van der Waals surface area contributed by atoms with Crippen LogP contribution in [0.3, 0.4) is 0 Å². The molecule has 0 aliphatic heterocycles. The molecule has 2 N–H and O–H groups in total. The van der Waals surface area contributed by atoms with Crippen molar-refractivity contribution in [1.82, 2.24) is 9.97 Å². The molecule has 264 valence electrons. The summed E-state index contributed by atoms with van der Waals surface area (Å²) in [5.74, 6) is 1.26. The van der Waals surface area contributed by atoms with E-state index in [0.717, 1.165) is 28.2 Å². The third kappa shape index (κ3) is 12.4. The maximum atomic E-state index is 12.9. The van der Waals surface area contributed by atoms with Gasteiger partial charge >= 0.3 is 0 Å². The van der Waals surface area contributed by atoms with Crippen molar-refractivity contribution in [3.8, 4) is 11.3 Å². The zero-order valence-corrected chi connectivity index (χ0v) is 28.8. The number of H-pyrrole nitrogens is 1. The standard InChI is InChI=1S/C36H43N3O8.C2H6/c1-37-29-9-7-28(8-10-29)33-25-32(40)30-11-12-31-35(36(30)47-33)39-34(38-31)13-14-41-15-16-42-17-18-43-19-20-44-21-22-45-23-24-46-26-27-5-3-2-4-6-27;1-2/h2-12,25,37H,13-24,26H2,1H3,(H,38,39);1-2H3. The van der Waals surface area contributed by atoms with Gasteiger partial charge in [0.15, 0.2) is 11.0 Å². The second-order valence-corrected chi connectivity index (χ2v) is 10.7. The average Bonchev–Trinajstić information content (AvgIpc) is 3.57. The van der Waals surface area contributed by atoms with Gasteiger partial charge in [0.25, 0.3) is 0 Å². The monoisotopic (exact) mass is 675 g/mol. The molecule has 5 rings (SSSR count). The number of fused-ring (bicyclic) bond motifs is 3. The van der Waals surface area contributed by atoms with Crippen molar-refractivity contribution in [3.63, 3.8) is 0 Å². The lowest BCUT2D eigenvalue weighted by Gasteiger charge is -2.08. The topological polar surface area (TPSA) is 126 Å². The van der Waals surface area contributed by atoms with E-state index >= 15 is 0 Å². The molecule has 2 aromatic heterocycles. The van der Waals surface area contributed by atoms with Gasteiger partial charge in [0.2, 0.25) is 0 Å². The lowest BCUT2D eigenvalue weighted by Crippen LogP contribution is -2.14. The first-order valence-electron chi connectivity index (χ1n) is 17.0. The number of rotatable bonds is 22. The first-order chi connectivity index (χ1) is 24.2. The highest BCUT2D eigenvalue weighted by molar-refractivity contribution is 6.00. The Morgan fingerprint density at radius 2 is 1.27 bits per heavy atom. The molecule has 0 unspecified atom stereocenters. The Hall–Kier alpha value is -4.10. The van der Waals surface area contributed by atoms with Crippen LogP contribution in [0.15, 0.2) is 82.0 Å². The first kappa shape index (κ1) is 37.7. The van der Waals surface area contributed by atoms with Crippen molar-refractivity contribution >= 4 is 27.7 Å². The summed E-state index contributed by atoms with van der Waals surface area (Å²) in [6, 6.07) is 22.9. The van der Waals surface area contributed by atoms with E-state index in [2.05, 4.69) is 10.3 Å². The van der Waals surface area contributed by atoms with Crippen LogP contribution < -0.4 is 10.7 Å². The normalized spacial score (nSPS) is 11.2. The zero-order chi connectivity index (χ0) is 34.5. The number of hydrogen-bond donors (Lipinski definition) is 2. The van der Waals surface area contributed by atoms with Gasteiger partial charge in [-0.25, -0.2) is 4.98 Å². The molecule has 0 amide bonds. The van der Waals surface area contributed by atoms with Gasteiger partial charge in [-0.15, -0.1) is 0 Å². The van der Waals surface area contributed by atoms with Gasteiger partial charge in [-0.2, -0.15) is 0 Å². The molecule has 49 heavy (non-hydrogen) atoms. The van der Waals surface area contributed by atoms with Crippen LogP contribution >= 0.6 is 0 Å². The Bertz CT molecular complexity index is 1690. The van der Waals surface area contributed by atoms with Gasteiger partial charge in [0, 0.05) is 30.8 Å². The molecular formula is C38H49N3O8. The summed E-state index contributed by atoms with van der Waals surface area (Å²) < 4.78 is 39.7. The van der Waals surface area contributed by atoms with Crippen LogP contribution in [0.4, 0.5) is 5.69 Å². The van der Waals surface area contributed by atoms with E-state index in [9.17, 15) is 4.79 Å². The minimum Gasteiger partial charge on any atom is -0.453 e. The number of ether oxygens (including phenoxy) is 6. The largest absolute Gasteiger partial charge is 0.453 e. The van der Waals surface area contributed by atoms with Gasteiger partial charge < -0.3 is 43.1 Å². The van der Waals surface area contributed by atoms with E-state index in [1.165, 1.54) is 6.07 Å². The number of aromatic amines is 1. The first-order valence-corrected chi connectivity index (χ1v) is 17.0. The predicted octanol–water partition coefficient (Wildman–Crippen LogP) is 6.25. The summed E-state index contributed by atoms with van der Waals surface area (Å²) in [6.07, 6.45) is 0.585. The Kier molecular flexibility index (Phi) is 16.8. The summed E-state index contributed by atoms with van der Waals surface area (Å²) in [4.78, 5) is 20.9. The minimum absolute atomic E-state index is 0.106. The van der Waals surface area contributed by atoms with Crippen LogP contribution in [0, 0.1) is 0 Å². The zero-order valence-electron chi connectivity index (χ0n) is 28.8. The van der Waals surface area contributed by atoms with Crippen molar-refractivity contribution in [2.45, 2.75) is 26.9 Å². The molecule has 11 nitrogen and oxygen atoms in total. The Balaban J connectivity index is 0.00000265. The third-order valence-electron chi connectivity index (χ3n) is 7.31. The van der Waals surface area contributed by atoms with Gasteiger partial charge in [0.1, 0.15) is 17.1 Å². The number of anilines is 1. The molecule has 2 heterocycles. The lowest BCUT2D eigenvalue weighted by atomic mass is 10.1. The highest BCUT2D eigenvalue weighted by Crippen LogP contribution is 2.27. The number of nitrogens with zero attached hydrogens (tertiary/aromatic N) is 1. The fourth-order valence-electron chi connectivity index (χ4n) is 4.83. The minimum atomic E-state index is -0.106. The van der Waals surface area contributed by atoms with Crippen LogP contribution in [-0.4, -0.2) is 89.7 Å². The molecular weight excluding hydrogens is 626 g/mol. The SMILES string of the molecule is CC.CNc1ccc(-c2cc(=O)c3ccc4[nH]c(CCOCCOCCOCCOCCOCCOCc5ccccc5)nc4c3o2)cc1. The number of nitrogens with one attached hydrogen (secondary N) is 2. The summed E-state index contributed by atoms with van der Waals surface area (Å²) in [7, 11) is 1.86. The smallest absolute Gasteiger partial charge is 0.193 e. The van der Waals surface area contributed by atoms with Crippen molar-refractivity contribution in [3.05, 3.63) is 94.4 Å². The molecule has 0 radical (unpaired) electrons. The average molecular weight is 676 g/mol. The Morgan fingerprint density at radius 1 is 0.694 bits per heavy atom. The highest BCUT2D eigenvalue weighted by Gasteiger charge is 2.13. The summed E-state index contributed by atoms with van der Waals surface area (Å²) in [5.41, 5.74) is 4.75. The van der Waals surface area contributed by atoms with Crippen molar-refractivity contribution in [1.29, 1.82) is 0 Å². The summed E-state index contributed by atoms with van der Waals surface area (Å²) in [6.45, 7) is 10.1. The molecule has 0 saturated carbocycles. The summed E-state index contributed by atoms with van der Waals surface area (Å²) >= 11 is 0. The fourth-order valence-corrected chi connectivity index (χ4v) is 4.83.